The molecule has 0 unspecified atom stereocenters. The van der Waals surface area contributed by atoms with E-state index >= 15 is 0 Å². The Bertz CT molecular complexity index is 2500. The number of hydrogen-bond donors (Lipinski definition) is 0. The van der Waals surface area contributed by atoms with Crippen molar-refractivity contribution in [3.05, 3.63) is 154 Å². The first kappa shape index (κ1) is 30.2. The maximum absolute atomic E-state index is 2.46. The maximum Gasteiger partial charge on any atom is -0.00139 e. The zero-order chi connectivity index (χ0) is 33.4. The summed E-state index contributed by atoms with van der Waals surface area (Å²) < 4.78 is 0. The summed E-state index contributed by atoms with van der Waals surface area (Å²) in [5.74, 6) is 0. The summed E-state index contributed by atoms with van der Waals surface area (Å²) in [5, 5.41) is 7.94. The zero-order valence-electron chi connectivity index (χ0n) is 29.4. The molecule has 234 valence electrons. The molecule has 8 aromatic rings. The van der Waals surface area contributed by atoms with Crippen molar-refractivity contribution in [3.63, 3.8) is 0 Å². The van der Waals surface area contributed by atoms with Gasteiger partial charge in [0.1, 0.15) is 0 Å². The molecule has 0 bridgehead atoms. The fourth-order valence-electron chi connectivity index (χ4n) is 7.77. The van der Waals surface area contributed by atoms with E-state index in [1.165, 1.54) is 121 Å². The third kappa shape index (κ3) is 4.74. The van der Waals surface area contributed by atoms with Crippen LogP contribution in [-0.4, -0.2) is 0 Å². The van der Waals surface area contributed by atoms with E-state index in [1.54, 1.807) is 0 Å². The van der Waals surface area contributed by atoms with Crippen LogP contribution in [0, 0.1) is 55.4 Å². The second-order valence-electron chi connectivity index (χ2n) is 14.2. The van der Waals surface area contributed by atoms with Crippen LogP contribution in [0.3, 0.4) is 0 Å². The van der Waals surface area contributed by atoms with Crippen molar-refractivity contribution in [2.24, 2.45) is 0 Å². The van der Waals surface area contributed by atoms with E-state index in [-0.39, 0.29) is 0 Å². The van der Waals surface area contributed by atoms with Gasteiger partial charge in [-0.1, -0.05) is 103 Å². The molecule has 0 nitrogen and oxygen atoms in total. The van der Waals surface area contributed by atoms with Gasteiger partial charge < -0.3 is 0 Å². The highest BCUT2D eigenvalue weighted by Gasteiger charge is 2.22. The highest BCUT2D eigenvalue weighted by Crippen LogP contribution is 2.49. The van der Waals surface area contributed by atoms with Crippen molar-refractivity contribution in [2.45, 2.75) is 55.4 Å². The van der Waals surface area contributed by atoms with Crippen molar-refractivity contribution in [3.8, 4) is 44.5 Å². The molecule has 48 heavy (non-hydrogen) atoms. The van der Waals surface area contributed by atoms with E-state index in [2.05, 4.69) is 165 Å². The normalized spacial score (nSPS) is 11.8. The van der Waals surface area contributed by atoms with Gasteiger partial charge in [0.15, 0.2) is 0 Å². The molecule has 0 fully saturated rings. The second kappa shape index (κ2) is 11.2. The van der Waals surface area contributed by atoms with E-state index in [0.29, 0.717) is 0 Å². The number of hydrogen-bond acceptors (Lipinski definition) is 0. The van der Waals surface area contributed by atoms with Crippen LogP contribution in [0.2, 0.25) is 0 Å². The molecule has 0 saturated carbocycles. The number of rotatable bonds is 4. The van der Waals surface area contributed by atoms with Crippen molar-refractivity contribution in [2.75, 3.05) is 0 Å². The van der Waals surface area contributed by atoms with Crippen LogP contribution in [0.1, 0.15) is 44.5 Å². The van der Waals surface area contributed by atoms with Crippen molar-refractivity contribution < 1.29 is 0 Å². The SMILES string of the molecule is Cc1ccc(-c2cc(-c3ccc(C)c(C)c3)c3ccc4c(-c5ccc(C)c(C)c5)cc(-c5ccc(C)c(C)c5)c5ccc2c3c45)c(C)c1. The minimum absolute atomic E-state index is 1.27. The van der Waals surface area contributed by atoms with E-state index in [1.807, 2.05) is 0 Å². The molecule has 0 amide bonds. The van der Waals surface area contributed by atoms with Gasteiger partial charge in [0.05, 0.1) is 0 Å². The molecular formula is C48H42. The van der Waals surface area contributed by atoms with Gasteiger partial charge in [-0.05, 0) is 183 Å². The minimum Gasteiger partial charge on any atom is -0.0587 e. The zero-order valence-corrected chi connectivity index (χ0v) is 29.4. The molecule has 8 aromatic carbocycles. The molecule has 0 heterocycles. The standard InChI is InChI=1S/C48H42/c1-27-9-16-38(34(8)21-27)46-26-45(37-15-12-30(4)33(7)24-37)41-18-17-39-43(35-13-10-28(2)31(5)22-35)25-44(36-14-11-29(3)32(6)23-36)40-19-20-42(46)48(41)47(39)40/h9-26H,1-8H3. The predicted molar refractivity (Wildman–Crippen MR) is 210 cm³/mol. The maximum atomic E-state index is 2.46. The van der Waals surface area contributed by atoms with Crippen LogP contribution in [0.4, 0.5) is 0 Å². The molecule has 0 heteroatoms. The van der Waals surface area contributed by atoms with Gasteiger partial charge in [0.2, 0.25) is 0 Å². The fourth-order valence-corrected chi connectivity index (χ4v) is 7.77. The summed E-state index contributed by atoms with van der Waals surface area (Å²) in [7, 11) is 0. The average molecular weight is 619 g/mol. The molecule has 0 aliphatic rings. The molecule has 0 N–H and O–H groups in total. The topological polar surface area (TPSA) is 0 Å². The first-order chi connectivity index (χ1) is 23.1. The lowest BCUT2D eigenvalue weighted by Crippen LogP contribution is -1.96. The van der Waals surface area contributed by atoms with Gasteiger partial charge in [-0.3, -0.25) is 0 Å². The molecule has 0 aliphatic carbocycles. The van der Waals surface area contributed by atoms with E-state index < -0.39 is 0 Å². The summed E-state index contributed by atoms with van der Waals surface area (Å²) in [6.45, 7) is 17.7. The van der Waals surface area contributed by atoms with E-state index in [0.717, 1.165) is 0 Å². The summed E-state index contributed by atoms with van der Waals surface area (Å²) >= 11 is 0. The molecule has 0 saturated heterocycles. The van der Waals surface area contributed by atoms with Crippen LogP contribution in [0.15, 0.2) is 109 Å². The van der Waals surface area contributed by atoms with Gasteiger partial charge in [0.25, 0.3) is 0 Å². The Balaban J connectivity index is 1.58. The first-order valence-electron chi connectivity index (χ1n) is 17.2. The third-order valence-corrected chi connectivity index (χ3v) is 11.0. The smallest absolute Gasteiger partial charge is 0.00139 e. The lowest BCUT2D eigenvalue weighted by molar-refractivity contribution is 1.34. The van der Waals surface area contributed by atoms with Gasteiger partial charge >= 0.3 is 0 Å². The van der Waals surface area contributed by atoms with Gasteiger partial charge in [-0.2, -0.15) is 0 Å². The first-order valence-corrected chi connectivity index (χ1v) is 17.2. The Hall–Kier alpha value is -5.20. The van der Waals surface area contributed by atoms with Gasteiger partial charge in [0, 0.05) is 0 Å². The van der Waals surface area contributed by atoms with Crippen LogP contribution in [0.25, 0.3) is 76.8 Å². The lowest BCUT2D eigenvalue weighted by atomic mass is 9.81. The Morgan fingerprint density at radius 1 is 0.250 bits per heavy atom. The Morgan fingerprint density at radius 3 is 1.00 bits per heavy atom. The van der Waals surface area contributed by atoms with Crippen LogP contribution in [-0.2, 0) is 0 Å². The van der Waals surface area contributed by atoms with E-state index in [4.69, 9.17) is 0 Å². The predicted octanol–water partition coefficient (Wildman–Crippen LogP) is 13.7. The highest BCUT2D eigenvalue weighted by atomic mass is 14.2. The van der Waals surface area contributed by atoms with Crippen molar-refractivity contribution in [1.82, 2.24) is 0 Å². The molecule has 0 aliphatic heterocycles. The Kier molecular flexibility index (Phi) is 7.04. The van der Waals surface area contributed by atoms with Crippen LogP contribution >= 0.6 is 0 Å². The van der Waals surface area contributed by atoms with Crippen LogP contribution < -0.4 is 0 Å². The van der Waals surface area contributed by atoms with Crippen molar-refractivity contribution >= 4 is 32.3 Å². The monoisotopic (exact) mass is 618 g/mol. The highest BCUT2D eigenvalue weighted by molar-refractivity contribution is 6.32. The molecule has 0 radical (unpaired) electrons. The molecule has 0 aromatic heterocycles. The molecule has 0 spiro atoms. The Morgan fingerprint density at radius 2 is 0.625 bits per heavy atom. The number of aryl methyl sites for hydroxylation is 8. The van der Waals surface area contributed by atoms with Gasteiger partial charge in [-0.25, -0.2) is 0 Å². The van der Waals surface area contributed by atoms with Crippen molar-refractivity contribution in [1.29, 1.82) is 0 Å². The summed E-state index contributed by atoms with van der Waals surface area (Å²) in [6, 6.07) is 42.2. The van der Waals surface area contributed by atoms with Gasteiger partial charge in [-0.15, -0.1) is 0 Å². The largest absolute Gasteiger partial charge is 0.0587 e. The molecular weight excluding hydrogens is 577 g/mol. The third-order valence-electron chi connectivity index (χ3n) is 11.0. The summed E-state index contributed by atoms with van der Waals surface area (Å²) in [4.78, 5) is 0. The fraction of sp³-hybridized carbons (Fsp3) is 0.167. The summed E-state index contributed by atoms with van der Waals surface area (Å²) in [6.07, 6.45) is 0. The Labute approximate surface area is 285 Å². The van der Waals surface area contributed by atoms with E-state index in [9.17, 15) is 0 Å². The molecule has 8 rings (SSSR count). The summed E-state index contributed by atoms with van der Waals surface area (Å²) in [5.41, 5.74) is 20.8. The average Bonchev–Trinajstić information content (AvgIpc) is 3.07. The van der Waals surface area contributed by atoms with Crippen LogP contribution in [0.5, 0.6) is 0 Å². The minimum atomic E-state index is 1.27. The lowest BCUT2D eigenvalue weighted by Gasteiger charge is -2.22. The second-order valence-corrected chi connectivity index (χ2v) is 14.2. The molecule has 0 atom stereocenters. The quantitative estimate of drug-likeness (QED) is 0.172. The number of benzene rings is 8.